The number of hydrogen-bond acceptors (Lipinski definition) is 3. The molecule has 0 saturated heterocycles. The normalized spacial score (nSPS) is 13.4. The first-order valence-electron chi connectivity index (χ1n) is 8.09. The number of likely N-dealkylation sites (N-methyl/N-ethyl adjacent to an activating group) is 1. The third-order valence-electron chi connectivity index (χ3n) is 3.82. The first-order valence-corrected chi connectivity index (χ1v) is 8.09. The molecule has 0 spiro atoms. The number of benzene rings is 1. The van der Waals surface area contributed by atoms with Crippen molar-refractivity contribution in [2.45, 2.75) is 39.2 Å². The van der Waals surface area contributed by atoms with Crippen molar-refractivity contribution in [3.63, 3.8) is 0 Å². The van der Waals surface area contributed by atoms with E-state index in [2.05, 4.69) is 68.9 Å². The molecule has 0 amide bonds. The van der Waals surface area contributed by atoms with Gasteiger partial charge in [0.05, 0.1) is 6.10 Å². The molecule has 0 aliphatic heterocycles. The van der Waals surface area contributed by atoms with Crippen LogP contribution in [-0.4, -0.2) is 55.2 Å². The fourth-order valence-electron chi connectivity index (χ4n) is 2.41. The second kappa shape index (κ2) is 9.19. The summed E-state index contributed by atoms with van der Waals surface area (Å²) in [6.07, 6.45) is 0.715. The Hall–Kier alpha value is -0.900. The molecule has 0 aliphatic rings. The van der Waals surface area contributed by atoms with E-state index in [1.807, 2.05) is 0 Å². The van der Waals surface area contributed by atoms with Crippen LogP contribution in [-0.2, 0) is 0 Å². The zero-order valence-corrected chi connectivity index (χ0v) is 14.3. The number of aliphatic hydroxyl groups excluding tert-OH is 1. The lowest BCUT2D eigenvalue weighted by Gasteiger charge is -2.26. The SMILES string of the molecule is CCCN(CCN(C)C)CC(O)c1ccc(C(C)C)cc1. The van der Waals surface area contributed by atoms with Gasteiger partial charge in [-0.05, 0) is 44.1 Å². The Morgan fingerprint density at radius 1 is 0.952 bits per heavy atom. The van der Waals surface area contributed by atoms with Crippen molar-refractivity contribution in [2.24, 2.45) is 0 Å². The van der Waals surface area contributed by atoms with Crippen molar-refractivity contribution in [2.75, 3.05) is 40.3 Å². The highest BCUT2D eigenvalue weighted by Gasteiger charge is 2.13. The molecule has 1 aromatic carbocycles. The molecule has 1 rings (SSSR count). The predicted octanol–water partition coefficient (Wildman–Crippen LogP) is 3.12. The lowest BCUT2D eigenvalue weighted by atomic mass is 10.00. The second-order valence-electron chi connectivity index (χ2n) is 6.44. The van der Waals surface area contributed by atoms with Crippen LogP contribution in [0.5, 0.6) is 0 Å². The Balaban J connectivity index is 2.60. The molecule has 1 aromatic rings. The van der Waals surface area contributed by atoms with E-state index in [1.54, 1.807) is 0 Å². The third kappa shape index (κ3) is 6.60. The summed E-state index contributed by atoms with van der Waals surface area (Å²) in [6, 6.07) is 8.40. The van der Waals surface area contributed by atoms with Gasteiger partial charge in [-0.1, -0.05) is 45.0 Å². The zero-order valence-electron chi connectivity index (χ0n) is 14.3. The molecular weight excluding hydrogens is 260 g/mol. The molecule has 21 heavy (non-hydrogen) atoms. The Labute approximate surface area is 130 Å². The average Bonchev–Trinajstić information content (AvgIpc) is 2.45. The van der Waals surface area contributed by atoms with E-state index in [9.17, 15) is 5.11 Å². The highest BCUT2D eigenvalue weighted by Crippen LogP contribution is 2.19. The standard InChI is InChI=1S/C18H32N2O/c1-6-11-20(13-12-19(4)5)14-18(21)17-9-7-16(8-10-17)15(2)3/h7-10,15,18,21H,6,11-14H2,1-5H3. The summed E-state index contributed by atoms with van der Waals surface area (Å²) in [4.78, 5) is 4.54. The summed E-state index contributed by atoms with van der Waals surface area (Å²) in [6.45, 7) is 10.3. The van der Waals surface area contributed by atoms with Gasteiger partial charge in [-0.25, -0.2) is 0 Å². The maximum atomic E-state index is 10.5. The van der Waals surface area contributed by atoms with Crippen LogP contribution in [0.1, 0.15) is 50.3 Å². The van der Waals surface area contributed by atoms with E-state index in [0.29, 0.717) is 12.5 Å². The Morgan fingerprint density at radius 3 is 2.00 bits per heavy atom. The molecular formula is C18H32N2O. The van der Waals surface area contributed by atoms with Crippen LogP contribution in [0.25, 0.3) is 0 Å². The van der Waals surface area contributed by atoms with E-state index in [1.165, 1.54) is 5.56 Å². The summed E-state index contributed by atoms with van der Waals surface area (Å²) in [7, 11) is 4.18. The minimum Gasteiger partial charge on any atom is -0.387 e. The van der Waals surface area contributed by atoms with E-state index in [4.69, 9.17) is 0 Å². The van der Waals surface area contributed by atoms with Gasteiger partial charge in [-0.2, -0.15) is 0 Å². The maximum Gasteiger partial charge on any atom is 0.0916 e. The van der Waals surface area contributed by atoms with Crippen molar-refractivity contribution in [3.8, 4) is 0 Å². The Bertz CT molecular complexity index is 387. The molecule has 0 aliphatic carbocycles. The largest absolute Gasteiger partial charge is 0.387 e. The first-order chi connectivity index (χ1) is 9.93. The Kier molecular flexibility index (Phi) is 7.94. The van der Waals surface area contributed by atoms with Gasteiger partial charge in [-0.15, -0.1) is 0 Å². The number of aliphatic hydroxyl groups is 1. The Morgan fingerprint density at radius 2 is 1.52 bits per heavy atom. The average molecular weight is 292 g/mol. The second-order valence-corrected chi connectivity index (χ2v) is 6.44. The molecule has 1 N–H and O–H groups in total. The van der Waals surface area contributed by atoms with Gasteiger partial charge in [0.25, 0.3) is 0 Å². The van der Waals surface area contributed by atoms with Gasteiger partial charge < -0.3 is 10.0 Å². The summed E-state index contributed by atoms with van der Waals surface area (Å²) >= 11 is 0. The fraction of sp³-hybridized carbons (Fsp3) is 0.667. The topological polar surface area (TPSA) is 26.7 Å². The minimum atomic E-state index is -0.403. The van der Waals surface area contributed by atoms with Gasteiger partial charge in [0.1, 0.15) is 0 Å². The van der Waals surface area contributed by atoms with E-state index in [-0.39, 0.29) is 0 Å². The van der Waals surface area contributed by atoms with Crippen LogP contribution in [0.4, 0.5) is 0 Å². The highest BCUT2D eigenvalue weighted by molar-refractivity contribution is 5.26. The predicted molar refractivity (Wildman–Crippen MR) is 90.8 cm³/mol. The van der Waals surface area contributed by atoms with Gasteiger partial charge in [0.2, 0.25) is 0 Å². The van der Waals surface area contributed by atoms with Crippen LogP contribution in [0.15, 0.2) is 24.3 Å². The molecule has 0 fully saturated rings. The van der Waals surface area contributed by atoms with Crippen LogP contribution >= 0.6 is 0 Å². The summed E-state index contributed by atoms with van der Waals surface area (Å²) in [5.41, 5.74) is 2.34. The molecule has 0 heterocycles. The molecule has 3 heteroatoms. The molecule has 120 valence electrons. The quantitative estimate of drug-likeness (QED) is 0.757. The molecule has 3 nitrogen and oxygen atoms in total. The number of rotatable bonds is 9. The lowest BCUT2D eigenvalue weighted by Crippen LogP contribution is -2.35. The zero-order chi connectivity index (χ0) is 15.8. The van der Waals surface area contributed by atoms with Crippen LogP contribution in [0.2, 0.25) is 0 Å². The summed E-state index contributed by atoms with van der Waals surface area (Å²) in [5.74, 6) is 0.535. The minimum absolute atomic E-state index is 0.403. The molecule has 1 unspecified atom stereocenters. The van der Waals surface area contributed by atoms with Crippen molar-refractivity contribution in [1.29, 1.82) is 0 Å². The monoisotopic (exact) mass is 292 g/mol. The molecule has 0 aromatic heterocycles. The molecule has 0 saturated carbocycles. The van der Waals surface area contributed by atoms with Crippen LogP contribution in [0, 0.1) is 0 Å². The molecule has 0 radical (unpaired) electrons. The highest BCUT2D eigenvalue weighted by atomic mass is 16.3. The fourth-order valence-corrected chi connectivity index (χ4v) is 2.41. The van der Waals surface area contributed by atoms with Crippen molar-refractivity contribution >= 4 is 0 Å². The first kappa shape index (κ1) is 18.1. The third-order valence-corrected chi connectivity index (χ3v) is 3.82. The maximum absolute atomic E-state index is 10.5. The van der Waals surface area contributed by atoms with Crippen molar-refractivity contribution < 1.29 is 5.11 Å². The van der Waals surface area contributed by atoms with Crippen LogP contribution in [0.3, 0.4) is 0 Å². The smallest absolute Gasteiger partial charge is 0.0916 e. The van der Waals surface area contributed by atoms with Gasteiger partial charge in [0, 0.05) is 19.6 Å². The summed E-state index contributed by atoms with van der Waals surface area (Å²) in [5, 5.41) is 10.5. The van der Waals surface area contributed by atoms with E-state index < -0.39 is 6.10 Å². The van der Waals surface area contributed by atoms with Crippen LogP contribution < -0.4 is 0 Å². The molecule has 1 atom stereocenters. The van der Waals surface area contributed by atoms with Gasteiger partial charge in [0.15, 0.2) is 0 Å². The summed E-state index contributed by atoms with van der Waals surface area (Å²) < 4.78 is 0. The van der Waals surface area contributed by atoms with Crippen molar-refractivity contribution in [1.82, 2.24) is 9.80 Å². The number of nitrogens with zero attached hydrogens (tertiary/aromatic N) is 2. The van der Waals surface area contributed by atoms with E-state index in [0.717, 1.165) is 31.6 Å². The van der Waals surface area contributed by atoms with Gasteiger partial charge >= 0.3 is 0 Å². The van der Waals surface area contributed by atoms with E-state index >= 15 is 0 Å². The number of hydrogen-bond donors (Lipinski definition) is 1. The van der Waals surface area contributed by atoms with Crippen molar-refractivity contribution in [3.05, 3.63) is 35.4 Å². The molecule has 0 bridgehead atoms. The van der Waals surface area contributed by atoms with Gasteiger partial charge in [-0.3, -0.25) is 4.90 Å². The lowest BCUT2D eigenvalue weighted by molar-refractivity contribution is 0.108.